The van der Waals surface area contributed by atoms with Crippen molar-refractivity contribution < 1.29 is 52.4 Å². The number of methoxy groups -OCH3 is 1. The summed E-state index contributed by atoms with van der Waals surface area (Å²) in [6, 6.07) is 8.53. The van der Waals surface area contributed by atoms with E-state index in [0.29, 0.717) is 32.4 Å². The molecule has 1 aromatic carbocycles. The number of aromatic nitrogens is 2. The Labute approximate surface area is 347 Å². The van der Waals surface area contributed by atoms with Crippen LogP contribution in [0.3, 0.4) is 0 Å². The zero-order valence-electron chi connectivity index (χ0n) is 36.3. The minimum absolute atomic E-state index is 0.00271. The van der Waals surface area contributed by atoms with Gasteiger partial charge in [-0.2, -0.15) is 0 Å². The van der Waals surface area contributed by atoms with Crippen LogP contribution in [0.25, 0.3) is 11.3 Å². The van der Waals surface area contributed by atoms with Crippen LogP contribution in [0, 0.1) is 17.8 Å². The maximum absolute atomic E-state index is 16.9. The molecule has 0 spiro atoms. The molecule has 59 heavy (non-hydrogen) atoms. The van der Waals surface area contributed by atoms with E-state index in [1.807, 2.05) is 54.9 Å². The molecule has 14 nitrogen and oxygen atoms in total. The Bertz CT molecular complexity index is 1780. The molecule has 1 unspecified atom stereocenters. The van der Waals surface area contributed by atoms with Crippen molar-refractivity contribution >= 4 is 23.6 Å². The van der Waals surface area contributed by atoms with Gasteiger partial charge in [-0.15, -0.1) is 0 Å². The van der Waals surface area contributed by atoms with Gasteiger partial charge in [-0.25, -0.2) is 19.0 Å². The highest BCUT2D eigenvalue weighted by Crippen LogP contribution is 2.43. The minimum Gasteiger partial charge on any atom is -0.455 e. The fourth-order valence-corrected chi connectivity index (χ4v) is 9.51. The number of carbonyl (C=O) groups is 4. The SMILES string of the molecule is CCN[C@H]1C[C@@H](C)O[C@@H](O[C@@H]2[C@H](C)C(=O)[C@](C)(F)C(=O)O[C@H](CC)[C@@]3(C)OC(=O)N(CCCCn4cnc(-c5ccccc5)c4)C3[C@@H](C)C(=O)[C@H](C)C[C@@]2(C)OC)[C@H]1O. The molecule has 3 aliphatic rings. The minimum atomic E-state index is -3.17. The number of Topliss-reactive ketones (excluding diaryl/α,β-unsaturated/α-hetero) is 2. The average molecular weight is 829 g/mol. The van der Waals surface area contributed by atoms with Crippen LogP contribution in [0.2, 0.25) is 0 Å². The third kappa shape index (κ3) is 9.59. The van der Waals surface area contributed by atoms with Gasteiger partial charge in [0.1, 0.15) is 18.0 Å². The molecule has 0 saturated carbocycles. The molecule has 13 atom stereocenters. The van der Waals surface area contributed by atoms with Crippen molar-refractivity contribution in [3.63, 3.8) is 0 Å². The summed E-state index contributed by atoms with van der Waals surface area (Å²) in [6.45, 7) is 15.9. The number of aliphatic hydroxyl groups is 1. The molecule has 3 fully saturated rings. The normalized spacial score (nSPS) is 37.5. The van der Waals surface area contributed by atoms with E-state index in [2.05, 4.69) is 10.3 Å². The van der Waals surface area contributed by atoms with E-state index in [1.165, 1.54) is 18.9 Å². The molecule has 0 aliphatic carbocycles. The highest BCUT2D eigenvalue weighted by Gasteiger charge is 2.61. The Morgan fingerprint density at radius 1 is 1.00 bits per heavy atom. The Hall–Kier alpha value is -3.76. The van der Waals surface area contributed by atoms with Gasteiger partial charge in [-0.1, -0.05) is 65.0 Å². The van der Waals surface area contributed by atoms with Crippen molar-refractivity contribution in [3.8, 4) is 11.3 Å². The summed E-state index contributed by atoms with van der Waals surface area (Å²) in [6.07, 6.45) is -0.411. The van der Waals surface area contributed by atoms with Crippen LogP contribution in [0.4, 0.5) is 9.18 Å². The molecule has 5 rings (SSSR count). The van der Waals surface area contributed by atoms with Gasteiger partial charge in [0.2, 0.25) is 0 Å². The number of hydrogen-bond donors (Lipinski definition) is 2. The molecule has 0 bridgehead atoms. The molecule has 2 aromatic rings. The van der Waals surface area contributed by atoms with Gasteiger partial charge >= 0.3 is 12.1 Å². The summed E-state index contributed by atoms with van der Waals surface area (Å²) >= 11 is 0. The number of halogens is 1. The van der Waals surface area contributed by atoms with Gasteiger partial charge in [-0.3, -0.25) is 9.59 Å². The Kier molecular flexibility index (Phi) is 14.8. The number of unbranched alkanes of at least 4 members (excludes halogenated alkanes) is 1. The first-order valence-corrected chi connectivity index (χ1v) is 21.1. The van der Waals surface area contributed by atoms with Crippen molar-refractivity contribution in [1.29, 1.82) is 0 Å². The highest BCUT2D eigenvalue weighted by atomic mass is 19.1. The number of esters is 1. The average Bonchev–Trinajstić information content (AvgIpc) is 3.79. The summed E-state index contributed by atoms with van der Waals surface area (Å²) in [5.74, 6) is -5.76. The lowest BCUT2D eigenvalue weighted by molar-refractivity contribution is -0.290. The van der Waals surface area contributed by atoms with E-state index in [-0.39, 0.29) is 31.3 Å². The topological polar surface area (TPSA) is 168 Å². The summed E-state index contributed by atoms with van der Waals surface area (Å²) in [5, 5.41) is 14.6. The van der Waals surface area contributed by atoms with Crippen LogP contribution in [0.15, 0.2) is 42.9 Å². The van der Waals surface area contributed by atoms with E-state index in [1.54, 1.807) is 40.9 Å². The van der Waals surface area contributed by atoms with E-state index in [0.717, 1.165) is 18.2 Å². The number of fused-ring (bicyclic) bond motifs is 1. The van der Waals surface area contributed by atoms with Crippen LogP contribution >= 0.6 is 0 Å². The van der Waals surface area contributed by atoms with Crippen LogP contribution < -0.4 is 5.32 Å². The summed E-state index contributed by atoms with van der Waals surface area (Å²) in [5.41, 5.74) is -4.35. The number of carbonyl (C=O) groups excluding carboxylic acids is 4. The maximum Gasteiger partial charge on any atom is 0.410 e. The first kappa shape index (κ1) is 46.3. The number of imidazole rings is 1. The molecule has 2 N–H and O–H groups in total. The quantitative estimate of drug-likeness (QED) is 0.153. The van der Waals surface area contributed by atoms with Gasteiger partial charge in [0.25, 0.3) is 5.67 Å². The number of aliphatic hydroxyl groups excluding tert-OH is 1. The molecular formula is C44H65FN4O10. The van der Waals surface area contributed by atoms with Gasteiger partial charge in [0, 0.05) is 55.8 Å². The third-order valence-corrected chi connectivity index (χ3v) is 12.8. The van der Waals surface area contributed by atoms with Crippen molar-refractivity contribution in [2.75, 3.05) is 20.2 Å². The second-order valence-corrected chi connectivity index (χ2v) is 17.3. The number of amides is 1. The Balaban J connectivity index is 1.45. The first-order chi connectivity index (χ1) is 27.8. The van der Waals surface area contributed by atoms with E-state index in [4.69, 9.17) is 23.7 Å². The van der Waals surface area contributed by atoms with E-state index >= 15 is 4.39 Å². The highest BCUT2D eigenvalue weighted by molar-refractivity contribution is 6.08. The summed E-state index contributed by atoms with van der Waals surface area (Å²) < 4.78 is 49.4. The van der Waals surface area contributed by atoms with Crippen molar-refractivity contribution in [3.05, 3.63) is 42.9 Å². The van der Waals surface area contributed by atoms with E-state index < -0.39 is 89.2 Å². The number of alkyl halides is 1. The standard InChI is InChI=1S/C44H65FN4O10/c1-11-33-44(9)36(49(41(54)59-44)21-17-16-20-48-24-32(47-25-48)30-18-14-13-15-19-30)28(5)34(50)26(3)23-42(7,55-10)38(29(6)37(52)43(8,45)40(53)57-33)58-39-35(51)31(46-12-2)22-27(4)56-39/h13-15,18-19,24-29,31,33,35-36,38-39,46,51H,11-12,16-17,20-23H2,1-10H3/t26-,27-,28+,29-,31+,33-,35+,36?,38-,39+,42-,43+,44-/m1/s1. The number of benzene rings is 1. The predicted octanol–water partition coefficient (Wildman–Crippen LogP) is 5.67. The molecule has 3 aliphatic heterocycles. The van der Waals surface area contributed by atoms with Gasteiger partial charge in [0.15, 0.2) is 17.7 Å². The number of ketones is 2. The Morgan fingerprint density at radius 2 is 1.68 bits per heavy atom. The monoisotopic (exact) mass is 828 g/mol. The van der Waals surface area contributed by atoms with Gasteiger partial charge < -0.3 is 43.6 Å². The molecule has 4 heterocycles. The maximum atomic E-state index is 16.9. The molecule has 1 aromatic heterocycles. The van der Waals surface area contributed by atoms with Crippen LogP contribution in [-0.2, 0) is 44.6 Å². The number of aryl methyl sites for hydroxylation is 1. The van der Waals surface area contributed by atoms with Crippen molar-refractivity contribution in [2.24, 2.45) is 17.8 Å². The molecule has 0 radical (unpaired) electrons. The van der Waals surface area contributed by atoms with Crippen molar-refractivity contribution in [2.45, 2.75) is 161 Å². The number of hydrogen-bond acceptors (Lipinski definition) is 12. The van der Waals surface area contributed by atoms with Crippen LogP contribution in [-0.4, -0.2) is 123 Å². The van der Waals surface area contributed by atoms with Gasteiger partial charge in [0.05, 0.1) is 35.9 Å². The fourth-order valence-electron chi connectivity index (χ4n) is 9.51. The lowest BCUT2D eigenvalue weighted by Crippen LogP contribution is -2.62. The number of ether oxygens (including phenoxy) is 5. The third-order valence-electron chi connectivity index (χ3n) is 12.8. The first-order valence-electron chi connectivity index (χ1n) is 21.1. The van der Waals surface area contributed by atoms with E-state index in [9.17, 15) is 24.3 Å². The molecule has 1 amide bonds. The molecule has 3 saturated heterocycles. The molecule has 328 valence electrons. The number of nitrogens with one attached hydrogen (secondary N) is 1. The fraction of sp³-hybridized carbons (Fsp3) is 0.705. The van der Waals surface area contributed by atoms with Gasteiger partial charge in [-0.05, 0) is 66.3 Å². The van der Waals surface area contributed by atoms with Crippen LogP contribution in [0.1, 0.15) is 94.4 Å². The second kappa shape index (κ2) is 18.9. The summed E-state index contributed by atoms with van der Waals surface area (Å²) in [7, 11) is 1.41. The smallest absolute Gasteiger partial charge is 0.410 e. The van der Waals surface area contributed by atoms with Crippen LogP contribution in [0.5, 0.6) is 0 Å². The largest absolute Gasteiger partial charge is 0.455 e. The lowest BCUT2D eigenvalue weighted by atomic mass is 9.73. The lowest BCUT2D eigenvalue weighted by Gasteiger charge is -2.46. The Morgan fingerprint density at radius 3 is 2.32 bits per heavy atom. The van der Waals surface area contributed by atoms with Crippen molar-refractivity contribution in [1.82, 2.24) is 19.8 Å². The zero-order chi connectivity index (χ0) is 43.4. The number of rotatable bonds is 12. The summed E-state index contributed by atoms with van der Waals surface area (Å²) in [4.78, 5) is 62.7. The zero-order valence-corrected chi connectivity index (χ0v) is 36.3. The second-order valence-electron chi connectivity index (χ2n) is 17.3. The number of nitrogens with zero attached hydrogens (tertiary/aromatic N) is 3. The molecular weight excluding hydrogens is 763 g/mol. The number of cyclic esters (lactones) is 1. The predicted molar refractivity (Wildman–Crippen MR) is 217 cm³/mol. The molecule has 15 heteroatoms. The number of likely N-dealkylation sites (N-methyl/N-ethyl adjacent to an activating group) is 1.